The molecule has 3 rings (SSSR count). The Bertz CT molecular complexity index is 676. The van der Waals surface area contributed by atoms with E-state index in [2.05, 4.69) is 5.32 Å². The lowest BCUT2D eigenvalue weighted by atomic mass is 10.0. The lowest BCUT2D eigenvalue weighted by Gasteiger charge is -2.33. The number of aliphatic carboxylic acids is 1. The van der Waals surface area contributed by atoms with Gasteiger partial charge >= 0.3 is 5.97 Å². The number of benzene rings is 1. The van der Waals surface area contributed by atoms with E-state index in [-0.39, 0.29) is 17.1 Å². The van der Waals surface area contributed by atoms with E-state index in [1.165, 1.54) is 16.7 Å². The van der Waals surface area contributed by atoms with E-state index in [0.717, 1.165) is 17.7 Å². The lowest BCUT2D eigenvalue weighted by molar-refractivity contribution is -0.143. The third-order valence-electron chi connectivity index (χ3n) is 4.21. The summed E-state index contributed by atoms with van der Waals surface area (Å²) in [5.41, 5.74) is 1.03. The van der Waals surface area contributed by atoms with Gasteiger partial charge in [0.15, 0.2) is 0 Å². The van der Waals surface area contributed by atoms with Crippen LogP contribution in [0.4, 0.5) is 5.69 Å². The normalized spacial score (nSPS) is 23.9. The molecule has 0 radical (unpaired) electrons. The highest BCUT2D eigenvalue weighted by Gasteiger charge is 2.33. The zero-order valence-electron chi connectivity index (χ0n) is 12.7. The Morgan fingerprint density at radius 2 is 2.13 bits per heavy atom. The van der Waals surface area contributed by atoms with Gasteiger partial charge in [-0.1, -0.05) is 0 Å². The van der Waals surface area contributed by atoms with Gasteiger partial charge in [-0.15, -0.1) is 11.8 Å². The third kappa shape index (κ3) is 3.06. The summed E-state index contributed by atoms with van der Waals surface area (Å²) in [5.74, 6) is -1.35. The Hall–Kier alpha value is -2.02. The van der Waals surface area contributed by atoms with Crippen molar-refractivity contribution in [1.82, 2.24) is 4.90 Å². The molecule has 1 aromatic rings. The van der Waals surface area contributed by atoms with Crippen LogP contribution in [0.2, 0.25) is 0 Å². The summed E-state index contributed by atoms with van der Waals surface area (Å²) in [6.07, 6.45) is 2.11. The fourth-order valence-corrected chi connectivity index (χ4v) is 3.87. The van der Waals surface area contributed by atoms with Crippen molar-refractivity contribution >= 4 is 35.2 Å². The second-order valence-electron chi connectivity index (χ2n) is 5.81. The Morgan fingerprint density at radius 1 is 1.35 bits per heavy atom. The maximum Gasteiger partial charge on any atom is 0.326 e. The number of nitrogens with one attached hydrogen (secondary N) is 1. The Labute approximate surface area is 138 Å². The molecule has 2 heterocycles. The van der Waals surface area contributed by atoms with Gasteiger partial charge in [-0.25, -0.2) is 4.79 Å². The molecule has 122 valence electrons. The van der Waals surface area contributed by atoms with Crippen LogP contribution in [0.5, 0.6) is 0 Å². The molecule has 2 aliphatic heterocycles. The molecule has 0 aromatic heterocycles. The number of amides is 2. The maximum atomic E-state index is 12.7. The number of carbonyl (C=O) groups excluding carboxylic acids is 2. The van der Waals surface area contributed by atoms with Crippen LogP contribution in [0.15, 0.2) is 23.1 Å². The highest BCUT2D eigenvalue weighted by molar-refractivity contribution is 8.00. The fourth-order valence-electron chi connectivity index (χ4n) is 2.94. The first-order chi connectivity index (χ1) is 11.0. The molecule has 2 aliphatic rings. The second-order valence-corrected chi connectivity index (χ2v) is 7.19. The number of carboxylic acid groups (broad SMARTS) is 1. The van der Waals surface area contributed by atoms with Crippen molar-refractivity contribution in [2.24, 2.45) is 0 Å². The van der Waals surface area contributed by atoms with Crippen LogP contribution in [-0.4, -0.2) is 45.6 Å². The predicted octanol–water partition coefficient (Wildman–Crippen LogP) is 2.20. The van der Waals surface area contributed by atoms with Crippen LogP contribution < -0.4 is 5.32 Å². The van der Waals surface area contributed by atoms with E-state index in [1.807, 2.05) is 13.0 Å². The first-order valence-corrected chi connectivity index (χ1v) is 8.50. The highest BCUT2D eigenvalue weighted by atomic mass is 32.2. The number of hydrogen-bond donors (Lipinski definition) is 2. The van der Waals surface area contributed by atoms with E-state index in [4.69, 9.17) is 0 Å². The van der Waals surface area contributed by atoms with Crippen LogP contribution in [-0.2, 0) is 9.59 Å². The van der Waals surface area contributed by atoms with Crippen LogP contribution in [0.25, 0.3) is 0 Å². The molecule has 1 fully saturated rings. The van der Waals surface area contributed by atoms with Gasteiger partial charge in [-0.3, -0.25) is 9.59 Å². The number of rotatable bonds is 2. The molecule has 1 saturated heterocycles. The number of carboxylic acids is 1. The second kappa shape index (κ2) is 6.23. The van der Waals surface area contributed by atoms with Gasteiger partial charge < -0.3 is 15.3 Å². The minimum absolute atomic E-state index is 0.0894. The van der Waals surface area contributed by atoms with Crippen molar-refractivity contribution in [2.45, 2.75) is 42.4 Å². The molecule has 6 nitrogen and oxygen atoms in total. The summed E-state index contributed by atoms with van der Waals surface area (Å²) in [6, 6.07) is 4.38. The quantitative estimate of drug-likeness (QED) is 0.866. The molecule has 1 unspecified atom stereocenters. The zero-order valence-corrected chi connectivity index (χ0v) is 13.6. The minimum Gasteiger partial charge on any atom is -0.480 e. The minimum atomic E-state index is -0.964. The van der Waals surface area contributed by atoms with Gasteiger partial charge in [-0.05, 0) is 44.4 Å². The smallest absolute Gasteiger partial charge is 0.326 e. The summed E-state index contributed by atoms with van der Waals surface area (Å²) in [6.45, 7) is 2.28. The summed E-state index contributed by atoms with van der Waals surface area (Å²) in [7, 11) is 0. The molecule has 2 atom stereocenters. The summed E-state index contributed by atoms with van der Waals surface area (Å²) in [4.78, 5) is 38.2. The van der Waals surface area contributed by atoms with E-state index in [0.29, 0.717) is 24.2 Å². The lowest BCUT2D eigenvalue weighted by Crippen LogP contribution is -2.48. The number of nitrogens with zero attached hydrogens (tertiary/aromatic N) is 1. The number of thioether (sulfide) groups is 1. The zero-order chi connectivity index (χ0) is 16.6. The van der Waals surface area contributed by atoms with Gasteiger partial charge in [0.05, 0.1) is 10.9 Å². The van der Waals surface area contributed by atoms with Crippen LogP contribution in [0, 0.1) is 0 Å². The number of likely N-dealkylation sites (tertiary alicyclic amines) is 1. The van der Waals surface area contributed by atoms with E-state index >= 15 is 0 Å². The molecule has 0 spiro atoms. The van der Waals surface area contributed by atoms with Crippen LogP contribution in [0.1, 0.15) is 36.5 Å². The van der Waals surface area contributed by atoms with Gasteiger partial charge in [0, 0.05) is 17.0 Å². The van der Waals surface area contributed by atoms with Crippen molar-refractivity contribution in [3.8, 4) is 0 Å². The van der Waals surface area contributed by atoms with Crippen LogP contribution in [0.3, 0.4) is 0 Å². The molecular formula is C16H18N2O4S. The van der Waals surface area contributed by atoms with Gasteiger partial charge in [0.25, 0.3) is 5.91 Å². The van der Waals surface area contributed by atoms with Crippen molar-refractivity contribution in [2.75, 3.05) is 11.9 Å². The number of fused-ring (bicyclic) bond motifs is 1. The molecular weight excluding hydrogens is 316 g/mol. The first kappa shape index (κ1) is 15.9. The molecule has 0 bridgehead atoms. The highest BCUT2D eigenvalue weighted by Crippen LogP contribution is 2.36. The molecule has 2 amide bonds. The molecule has 1 aromatic carbocycles. The Balaban J connectivity index is 1.87. The number of anilines is 1. The van der Waals surface area contributed by atoms with E-state index < -0.39 is 12.0 Å². The molecule has 2 N–H and O–H groups in total. The first-order valence-electron chi connectivity index (χ1n) is 7.62. The van der Waals surface area contributed by atoms with E-state index in [9.17, 15) is 19.5 Å². The largest absolute Gasteiger partial charge is 0.480 e. The van der Waals surface area contributed by atoms with E-state index in [1.54, 1.807) is 12.1 Å². The van der Waals surface area contributed by atoms with Crippen molar-refractivity contribution < 1.29 is 19.5 Å². The average molecular weight is 334 g/mol. The van der Waals surface area contributed by atoms with Crippen LogP contribution >= 0.6 is 11.8 Å². The summed E-state index contributed by atoms with van der Waals surface area (Å²) < 4.78 is 0. The standard InChI is InChI=1S/C16H18N2O4S/c1-9-14(19)17-11-8-10(5-6-13(11)23-9)15(20)18-7-3-2-4-12(18)16(21)22/h5-6,8-9,12H,2-4,7H2,1H3,(H,17,19)(H,21,22)/t9?,12-/m1/s1. The number of piperidine rings is 1. The third-order valence-corrected chi connectivity index (χ3v) is 5.38. The number of hydrogen-bond acceptors (Lipinski definition) is 4. The van der Waals surface area contributed by atoms with Gasteiger partial charge in [0.2, 0.25) is 5.91 Å². The molecule has 7 heteroatoms. The SMILES string of the molecule is CC1Sc2ccc(C(=O)N3CCCC[C@@H]3C(=O)O)cc2NC1=O. The van der Waals surface area contributed by atoms with Crippen molar-refractivity contribution in [3.63, 3.8) is 0 Å². The topological polar surface area (TPSA) is 86.7 Å². The maximum absolute atomic E-state index is 12.7. The van der Waals surface area contributed by atoms with Gasteiger partial charge in [0.1, 0.15) is 6.04 Å². The monoisotopic (exact) mass is 334 g/mol. The Morgan fingerprint density at radius 3 is 2.87 bits per heavy atom. The predicted molar refractivity (Wildman–Crippen MR) is 86.7 cm³/mol. The van der Waals surface area contributed by atoms with Crippen molar-refractivity contribution in [3.05, 3.63) is 23.8 Å². The average Bonchev–Trinajstić information content (AvgIpc) is 2.55. The number of carbonyl (C=O) groups is 3. The molecule has 0 aliphatic carbocycles. The van der Waals surface area contributed by atoms with Crippen molar-refractivity contribution in [1.29, 1.82) is 0 Å². The molecule has 0 saturated carbocycles. The summed E-state index contributed by atoms with van der Waals surface area (Å²) >= 11 is 1.45. The summed E-state index contributed by atoms with van der Waals surface area (Å²) in [5, 5.41) is 11.9. The fraction of sp³-hybridized carbons (Fsp3) is 0.438. The molecule has 23 heavy (non-hydrogen) atoms. The Kier molecular flexibility index (Phi) is 4.30. The van der Waals surface area contributed by atoms with Gasteiger partial charge in [-0.2, -0.15) is 0 Å².